The predicted molar refractivity (Wildman–Crippen MR) is 26.1 cm³/mol. The van der Waals surface area contributed by atoms with Crippen molar-refractivity contribution in [3.05, 3.63) is 6.61 Å². The van der Waals surface area contributed by atoms with Gasteiger partial charge in [0.15, 0.2) is 0 Å². The van der Waals surface area contributed by atoms with Gasteiger partial charge in [-0.05, 0) is 7.11 Å². The van der Waals surface area contributed by atoms with Gasteiger partial charge in [0, 0.05) is 0 Å². The van der Waals surface area contributed by atoms with Gasteiger partial charge in [0.25, 0.3) is 0 Å². The molecule has 0 heterocycles. The van der Waals surface area contributed by atoms with Crippen LogP contribution < -0.4 is 0 Å². The molecule has 1 heteroatoms. The summed E-state index contributed by atoms with van der Waals surface area (Å²) in [5.41, 5.74) is 0. The lowest BCUT2D eigenvalue weighted by Crippen LogP contribution is -1.87. The summed E-state index contributed by atoms with van der Waals surface area (Å²) < 4.78 is 4.68. The van der Waals surface area contributed by atoms with Crippen LogP contribution in [0.25, 0.3) is 0 Å². The molecule has 6 heavy (non-hydrogen) atoms. The summed E-state index contributed by atoms with van der Waals surface area (Å²) >= 11 is 0. The molecule has 0 bridgehead atoms. The first-order valence-electron chi connectivity index (χ1n) is 2.13. The Kier molecular flexibility index (Phi) is 3.14. The Labute approximate surface area is 39.3 Å². The van der Waals surface area contributed by atoms with Gasteiger partial charge >= 0.3 is 0 Å². The van der Waals surface area contributed by atoms with Crippen molar-refractivity contribution in [2.24, 2.45) is 5.92 Å². The maximum Gasteiger partial charge on any atom is -0.000840 e. The van der Waals surface area contributed by atoms with Crippen LogP contribution >= 0.6 is 0 Å². The molecule has 0 aliphatic heterocycles. The second kappa shape index (κ2) is 3.16. The molecule has 0 radical (unpaired) electrons. The van der Waals surface area contributed by atoms with Crippen LogP contribution in [0.1, 0.15) is 13.8 Å². The van der Waals surface area contributed by atoms with Gasteiger partial charge in [-0.25, -0.2) is 6.61 Å². The first-order chi connectivity index (χ1) is 2.77. The van der Waals surface area contributed by atoms with Crippen LogP contribution in [0.5, 0.6) is 0 Å². The Morgan fingerprint density at radius 2 is 2.00 bits per heavy atom. The van der Waals surface area contributed by atoms with E-state index in [9.17, 15) is 0 Å². The SMILES string of the molecule is CO[CH-]C(C)C. The van der Waals surface area contributed by atoms with Gasteiger partial charge in [0.1, 0.15) is 0 Å². The third-order valence-electron chi connectivity index (χ3n) is 0.408. The fraction of sp³-hybridized carbons (Fsp3) is 0.800. The summed E-state index contributed by atoms with van der Waals surface area (Å²) in [7, 11) is 1.67. The summed E-state index contributed by atoms with van der Waals surface area (Å²) in [6, 6.07) is 0. The summed E-state index contributed by atoms with van der Waals surface area (Å²) in [5.74, 6) is 0.551. The van der Waals surface area contributed by atoms with Crippen molar-refractivity contribution < 1.29 is 4.74 Å². The first-order valence-corrected chi connectivity index (χ1v) is 2.13. The smallest absolute Gasteiger partial charge is 0.000840 e. The molecule has 0 fully saturated rings. The van der Waals surface area contributed by atoms with Crippen LogP contribution in [-0.4, -0.2) is 7.11 Å². The molecule has 0 aliphatic carbocycles. The minimum absolute atomic E-state index is 0.551. The highest BCUT2D eigenvalue weighted by Crippen LogP contribution is 1.94. The normalized spacial score (nSPS) is 10.0. The monoisotopic (exact) mass is 87.1 g/mol. The molecule has 0 saturated carbocycles. The third-order valence-corrected chi connectivity index (χ3v) is 0.408. The van der Waals surface area contributed by atoms with Crippen molar-refractivity contribution in [3.63, 3.8) is 0 Å². The zero-order chi connectivity index (χ0) is 4.99. The fourth-order valence-electron chi connectivity index (χ4n) is 0.272. The molecule has 0 aromatic heterocycles. The van der Waals surface area contributed by atoms with Crippen LogP contribution in [0.4, 0.5) is 0 Å². The number of hydrogen-bond acceptors (Lipinski definition) is 1. The van der Waals surface area contributed by atoms with E-state index >= 15 is 0 Å². The van der Waals surface area contributed by atoms with Crippen molar-refractivity contribution in [1.82, 2.24) is 0 Å². The van der Waals surface area contributed by atoms with E-state index in [2.05, 4.69) is 18.6 Å². The maximum absolute atomic E-state index is 4.68. The topological polar surface area (TPSA) is 9.23 Å². The van der Waals surface area contributed by atoms with Gasteiger partial charge in [-0.2, -0.15) is 5.92 Å². The summed E-state index contributed by atoms with van der Waals surface area (Å²) in [5, 5.41) is 0. The Balaban J connectivity index is 2.63. The molecule has 0 spiro atoms. The molecule has 0 rings (SSSR count). The second-order valence-corrected chi connectivity index (χ2v) is 1.62. The minimum atomic E-state index is 0.551. The predicted octanol–water partition coefficient (Wildman–Crippen LogP) is 1.45. The van der Waals surface area contributed by atoms with E-state index in [4.69, 9.17) is 0 Å². The number of hydrogen-bond donors (Lipinski definition) is 0. The highest BCUT2D eigenvalue weighted by atomic mass is 16.5. The molecule has 38 valence electrons. The molecule has 0 saturated heterocycles. The first kappa shape index (κ1) is 5.96. The molecule has 1 nitrogen and oxygen atoms in total. The maximum atomic E-state index is 4.68. The largest absolute Gasteiger partial charge is 0.554 e. The van der Waals surface area contributed by atoms with Crippen LogP contribution in [-0.2, 0) is 4.74 Å². The Hall–Kier alpha value is -0.0400. The van der Waals surface area contributed by atoms with E-state index in [0.717, 1.165) is 0 Å². The van der Waals surface area contributed by atoms with E-state index in [1.807, 2.05) is 0 Å². The standard InChI is InChI=1S/C5H11O/c1-5(2)4-6-3/h4-5H,1-3H3/q-1. The summed E-state index contributed by atoms with van der Waals surface area (Å²) in [4.78, 5) is 0. The van der Waals surface area contributed by atoms with Crippen LogP contribution in [0.3, 0.4) is 0 Å². The van der Waals surface area contributed by atoms with Crippen LogP contribution in [0.15, 0.2) is 0 Å². The average Bonchev–Trinajstić information content (AvgIpc) is 1.35. The zero-order valence-electron chi connectivity index (χ0n) is 4.56. The fourth-order valence-corrected chi connectivity index (χ4v) is 0.272. The van der Waals surface area contributed by atoms with Gasteiger partial charge in [-0.3, -0.25) is 0 Å². The lowest BCUT2D eigenvalue weighted by atomic mass is 10.2. The summed E-state index contributed by atoms with van der Waals surface area (Å²) in [6.07, 6.45) is 0. The molecule has 0 aliphatic rings. The van der Waals surface area contributed by atoms with E-state index in [-0.39, 0.29) is 0 Å². The third kappa shape index (κ3) is 3.96. The second-order valence-electron chi connectivity index (χ2n) is 1.62. The molecule has 0 N–H and O–H groups in total. The van der Waals surface area contributed by atoms with Gasteiger partial charge in [0.2, 0.25) is 0 Å². The highest BCUT2D eigenvalue weighted by Gasteiger charge is 1.72. The average molecular weight is 87.1 g/mol. The van der Waals surface area contributed by atoms with Gasteiger partial charge in [-0.1, -0.05) is 13.8 Å². The lowest BCUT2D eigenvalue weighted by Gasteiger charge is -2.12. The van der Waals surface area contributed by atoms with Gasteiger partial charge in [-0.15, -0.1) is 0 Å². The molecule has 0 aromatic carbocycles. The molecular weight excluding hydrogens is 76.1 g/mol. The molecule has 0 unspecified atom stereocenters. The van der Waals surface area contributed by atoms with Gasteiger partial charge < -0.3 is 4.74 Å². The molecule has 0 aromatic rings. The van der Waals surface area contributed by atoms with Crippen molar-refractivity contribution in [2.75, 3.05) is 7.11 Å². The molecular formula is C5H11O-. The zero-order valence-corrected chi connectivity index (χ0v) is 4.56. The van der Waals surface area contributed by atoms with Crippen molar-refractivity contribution in [2.45, 2.75) is 13.8 Å². The van der Waals surface area contributed by atoms with Crippen molar-refractivity contribution >= 4 is 0 Å². The van der Waals surface area contributed by atoms with Crippen molar-refractivity contribution in [1.29, 1.82) is 0 Å². The van der Waals surface area contributed by atoms with Crippen LogP contribution in [0, 0.1) is 12.5 Å². The minimum Gasteiger partial charge on any atom is -0.554 e. The highest BCUT2D eigenvalue weighted by molar-refractivity contribution is 4.52. The number of rotatable bonds is 2. The quantitative estimate of drug-likeness (QED) is 0.463. The lowest BCUT2D eigenvalue weighted by molar-refractivity contribution is 0.241. The Bertz CT molecular complexity index is 25.1. The van der Waals surface area contributed by atoms with E-state index in [0.29, 0.717) is 5.92 Å². The van der Waals surface area contributed by atoms with E-state index < -0.39 is 0 Å². The Morgan fingerprint density at radius 1 is 1.50 bits per heavy atom. The van der Waals surface area contributed by atoms with E-state index in [1.54, 1.807) is 13.7 Å². The number of methoxy groups -OCH3 is 1. The van der Waals surface area contributed by atoms with Crippen LogP contribution in [0.2, 0.25) is 0 Å². The Morgan fingerprint density at radius 3 is 2.00 bits per heavy atom. The molecule has 0 atom stereocenters. The van der Waals surface area contributed by atoms with Crippen molar-refractivity contribution in [3.8, 4) is 0 Å². The molecule has 0 amide bonds. The van der Waals surface area contributed by atoms with E-state index in [1.165, 1.54) is 0 Å². The number of ether oxygens (including phenoxy) is 1. The van der Waals surface area contributed by atoms with Gasteiger partial charge in [0.05, 0.1) is 0 Å². The summed E-state index contributed by atoms with van der Waals surface area (Å²) in [6.45, 7) is 5.94.